The first-order chi connectivity index (χ1) is 9.59. The van der Waals surface area contributed by atoms with Crippen LogP contribution in [0.15, 0.2) is 21.6 Å². The van der Waals surface area contributed by atoms with Crippen LogP contribution < -0.4 is 0 Å². The number of carbonyl (C=O) groups excluding carboxylic acids is 1. The summed E-state index contributed by atoms with van der Waals surface area (Å²) in [4.78, 5) is 13.8. The molecule has 1 amide bonds. The van der Waals surface area contributed by atoms with Crippen LogP contribution in [0.1, 0.15) is 36.2 Å². The second kappa shape index (κ2) is 5.21. The molecule has 2 aliphatic rings. The van der Waals surface area contributed by atoms with Crippen molar-refractivity contribution < 1.29 is 17.6 Å². The summed E-state index contributed by atoms with van der Waals surface area (Å²) in [5.74, 6) is -0.102. The van der Waals surface area contributed by atoms with Gasteiger partial charge in [-0.1, -0.05) is 0 Å². The van der Waals surface area contributed by atoms with Gasteiger partial charge in [0.15, 0.2) is 5.76 Å². The summed E-state index contributed by atoms with van der Waals surface area (Å²) in [6.07, 6.45) is 3.73. The maximum Gasteiger partial charge on any atom is 0.289 e. The van der Waals surface area contributed by atoms with Crippen molar-refractivity contribution in [3.05, 3.63) is 17.9 Å². The molecule has 110 valence electrons. The summed E-state index contributed by atoms with van der Waals surface area (Å²) in [5.41, 5.74) is 0. The van der Waals surface area contributed by atoms with Crippen LogP contribution in [0.5, 0.6) is 0 Å². The highest BCUT2D eigenvalue weighted by Gasteiger charge is 2.31. The SMILES string of the molecule is O=C(c1ccc(S(=O)(=O)N2CCCC2)o1)N1CCCC1. The van der Waals surface area contributed by atoms with E-state index in [0.717, 1.165) is 25.7 Å². The third kappa shape index (κ3) is 2.35. The summed E-state index contributed by atoms with van der Waals surface area (Å²) >= 11 is 0. The number of amides is 1. The second-order valence-electron chi connectivity index (χ2n) is 5.23. The van der Waals surface area contributed by atoms with E-state index in [-0.39, 0.29) is 16.8 Å². The van der Waals surface area contributed by atoms with Gasteiger partial charge in [-0.25, -0.2) is 8.42 Å². The summed E-state index contributed by atoms with van der Waals surface area (Å²) in [7, 11) is -3.58. The standard InChI is InChI=1S/C13H18N2O4S/c16-13(14-7-1-2-8-14)11-5-6-12(19-11)20(17,18)15-9-3-4-10-15/h5-6H,1-4,7-10H2. The van der Waals surface area contributed by atoms with E-state index in [2.05, 4.69) is 0 Å². The van der Waals surface area contributed by atoms with Crippen LogP contribution in [0, 0.1) is 0 Å². The first-order valence-corrected chi connectivity index (χ1v) is 8.42. The van der Waals surface area contributed by atoms with Crippen LogP contribution in [-0.4, -0.2) is 49.7 Å². The van der Waals surface area contributed by atoms with Crippen LogP contribution in [-0.2, 0) is 10.0 Å². The molecule has 7 heteroatoms. The Hall–Kier alpha value is -1.34. The molecule has 2 fully saturated rings. The van der Waals surface area contributed by atoms with E-state index < -0.39 is 10.0 Å². The molecule has 1 aromatic heterocycles. The summed E-state index contributed by atoms with van der Waals surface area (Å²) in [6.45, 7) is 2.48. The largest absolute Gasteiger partial charge is 0.438 e. The predicted molar refractivity (Wildman–Crippen MR) is 71.8 cm³/mol. The first kappa shape index (κ1) is 13.6. The second-order valence-corrected chi connectivity index (χ2v) is 7.10. The molecule has 2 aliphatic heterocycles. The molecule has 1 aromatic rings. The topological polar surface area (TPSA) is 70.8 Å². The van der Waals surface area contributed by atoms with Crippen LogP contribution in [0.4, 0.5) is 0 Å². The zero-order valence-corrected chi connectivity index (χ0v) is 12.1. The highest BCUT2D eigenvalue weighted by atomic mass is 32.2. The van der Waals surface area contributed by atoms with Gasteiger partial charge in [0.1, 0.15) is 0 Å². The van der Waals surface area contributed by atoms with Gasteiger partial charge < -0.3 is 9.32 Å². The van der Waals surface area contributed by atoms with Gasteiger partial charge in [0, 0.05) is 26.2 Å². The fraction of sp³-hybridized carbons (Fsp3) is 0.615. The predicted octanol–water partition coefficient (Wildman–Crippen LogP) is 1.30. The minimum absolute atomic E-state index is 0.115. The molecule has 6 nitrogen and oxygen atoms in total. The molecule has 2 saturated heterocycles. The average molecular weight is 298 g/mol. The molecule has 20 heavy (non-hydrogen) atoms. The summed E-state index contributed by atoms with van der Waals surface area (Å²) in [5, 5.41) is -0.123. The Balaban J connectivity index is 1.81. The van der Waals surface area contributed by atoms with E-state index in [1.54, 1.807) is 4.90 Å². The third-order valence-electron chi connectivity index (χ3n) is 3.84. The van der Waals surface area contributed by atoms with Crippen molar-refractivity contribution in [3.8, 4) is 0 Å². The van der Waals surface area contributed by atoms with E-state index in [1.807, 2.05) is 0 Å². The lowest BCUT2D eigenvalue weighted by atomic mass is 10.4. The molecule has 0 unspecified atom stereocenters. The van der Waals surface area contributed by atoms with Crippen molar-refractivity contribution in [2.24, 2.45) is 0 Å². The molecule has 0 aromatic carbocycles. The molecule has 0 N–H and O–H groups in total. The van der Waals surface area contributed by atoms with Crippen molar-refractivity contribution >= 4 is 15.9 Å². The highest BCUT2D eigenvalue weighted by molar-refractivity contribution is 7.89. The van der Waals surface area contributed by atoms with E-state index in [1.165, 1.54) is 16.4 Å². The Kier molecular flexibility index (Phi) is 3.55. The fourth-order valence-electron chi connectivity index (χ4n) is 2.71. The zero-order chi connectivity index (χ0) is 14.2. The molecule has 3 rings (SSSR count). The van der Waals surface area contributed by atoms with E-state index >= 15 is 0 Å². The lowest BCUT2D eigenvalue weighted by molar-refractivity contribution is 0.0755. The van der Waals surface area contributed by atoms with E-state index in [0.29, 0.717) is 26.2 Å². The van der Waals surface area contributed by atoms with Gasteiger partial charge in [0.25, 0.3) is 15.9 Å². The summed E-state index contributed by atoms with van der Waals surface area (Å²) in [6, 6.07) is 2.85. The fourth-order valence-corrected chi connectivity index (χ4v) is 4.13. The minimum atomic E-state index is -3.58. The molecule has 0 saturated carbocycles. The quantitative estimate of drug-likeness (QED) is 0.843. The average Bonchev–Trinajstić information content (AvgIpc) is 3.17. The third-order valence-corrected chi connectivity index (χ3v) is 5.62. The van der Waals surface area contributed by atoms with Crippen LogP contribution in [0.2, 0.25) is 0 Å². The molecule has 0 radical (unpaired) electrons. The maximum absolute atomic E-state index is 12.3. The van der Waals surface area contributed by atoms with E-state index in [4.69, 9.17) is 4.42 Å². The van der Waals surface area contributed by atoms with Gasteiger partial charge in [0.05, 0.1) is 0 Å². The van der Waals surface area contributed by atoms with Gasteiger partial charge in [-0.05, 0) is 37.8 Å². The normalized spacial score (nSPS) is 20.7. The van der Waals surface area contributed by atoms with Gasteiger partial charge in [0.2, 0.25) is 5.09 Å². The monoisotopic (exact) mass is 298 g/mol. The van der Waals surface area contributed by atoms with Gasteiger partial charge >= 0.3 is 0 Å². The Morgan fingerprint density at radius 3 is 2.25 bits per heavy atom. The molecule has 0 atom stereocenters. The van der Waals surface area contributed by atoms with Crippen LogP contribution >= 0.6 is 0 Å². The molecule has 0 spiro atoms. The number of hydrogen-bond donors (Lipinski definition) is 0. The van der Waals surface area contributed by atoms with Crippen molar-refractivity contribution in [2.75, 3.05) is 26.2 Å². The number of furan rings is 1. The number of rotatable bonds is 3. The van der Waals surface area contributed by atoms with Gasteiger partial charge in [-0.3, -0.25) is 4.79 Å². The number of nitrogens with zero attached hydrogens (tertiary/aromatic N) is 2. The van der Waals surface area contributed by atoms with Crippen LogP contribution in [0.3, 0.4) is 0 Å². The number of likely N-dealkylation sites (tertiary alicyclic amines) is 1. The molecule has 0 bridgehead atoms. The van der Waals surface area contributed by atoms with Crippen molar-refractivity contribution in [2.45, 2.75) is 30.8 Å². The van der Waals surface area contributed by atoms with Gasteiger partial charge in [-0.15, -0.1) is 0 Å². The number of carbonyl (C=O) groups is 1. The Morgan fingerprint density at radius 1 is 1.00 bits per heavy atom. The maximum atomic E-state index is 12.3. The highest BCUT2D eigenvalue weighted by Crippen LogP contribution is 2.23. The Bertz CT molecular complexity index is 596. The number of sulfonamides is 1. The minimum Gasteiger partial charge on any atom is -0.438 e. The van der Waals surface area contributed by atoms with Crippen molar-refractivity contribution in [1.29, 1.82) is 0 Å². The molecule has 0 aliphatic carbocycles. The first-order valence-electron chi connectivity index (χ1n) is 6.98. The number of hydrogen-bond acceptors (Lipinski definition) is 4. The molecular weight excluding hydrogens is 280 g/mol. The lowest BCUT2D eigenvalue weighted by Crippen LogP contribution is -2.28. The van der Waals surface area contributed by atoms with Crippen molar-refractivity contribution in [3.63, 3.8) is 0 Å². The summed E-state index contributed by atoms with van der Waals surface area (Å²) < 4.78 is 31.3. The smallest absolute Gasteiger partial charge is 0.289 e. The Morgan fingerprint density at radius 2 is 1.60 bits per heavy atom. The van der Waals surface area contributed by atoms with Crippen LogP contribution in [0.25, 0.3) is 0 Å². The zero-order valence-electron chi connectivity index (χ0n) is 11.2. The van der Waals surface area contributed by atoms with Gasteiger partial charge in [-0.2, -0.15) is 4.31 Å². The lowest BCUT2D eigenvalue weighted by Gasteiger charge is -2.14. The van der Waals surface area contributed by atoms with E-state index in [9.17, 15) is 13.2 Å². The van der Waals surface area contributed by atoms with Crippen molar-refractivity contribution in [1.82, 2.24) is 9.21 Å². The molecule has 3 heterocycles. The molecular formula is C13H18N2O4S. The Labute approximate surface area is 118 Å².